The van der Waals surface area contributed by atoms with Gasteiger partial charge in [0, 0.05) is 6.04 Å². The smallest absolute Gasteiger partial charge is 0.407 e. The molecule has 0 heterocycles. The Kier molecular flexibility index (Phi) is 3.73. The fourth-order valence-corrected chi connectivity index (χ4v) is 1.35. The molecule has 0 aliphatic heterocycles. The average Bonchev–Trinajstić information content (AvgIpc) is 2.84. The van der Waals surface area contributed by atoms with Gasteiger partial charge in [0.15, 0.2) is 0 Å². The van der Waals surface area contributed by atoms with Crippen LogP contribution in [0.15, 0.2) is 0 Å². The van der Waals surface area contributed by atoms with Crippen molar-refractivity contribution in [2.24, 2.45) is 5.92 Å². The summed E-state index contributed by atoms with van der Waals surface area (Å²) in [5, 5.41) is 11.2. The fourth-order valence-electron chi connectivity index (χ4n) is 1.35. The molecule has 80 valence electrons. The Bertz CT molecular complexity index is 225. The highest BCUT2D eigenvalue weighted by molar-refractivity contribution is 5.71. The van der Waals surface area contributed by atoms with Crippen molar-refractivity contribution in [1.82, 2.24) is 5.32 Å². The van der Waals surface area contributed by atoms with Gasteiger partial charge in [-0.05, 0) is 25.7 Å². The Morgan fingerprint density at radius 1 is 1.57 bits per heavy atom. The zero-order valence-electron chi connectivity index (χ0n) is 8.16. The normalized spacial score (nSPS) is 17.2. The Morgan fingerprint density at radius 3 is 2.64 bits per heavy atom. The molecule has 1 aliphatic carbocycles. The minimum absolute atomic E-state index is 0.0243. The number of hydrogen-bond acceptors (Lipinski definition) is 3. The van der Waals surface area contributed by atoms with Gasteiger partial charge in [-0.1, -0.05) is 0 Å². The Hall–Kier alpha value is -1.26. The monoisotopic (exact) mass is 201 g/mol. The third-order valence-corrected chi connectivity index (χ3v) is 2.16. The van der Waals surface area contributed by atoms with Gasteiger partial charge in [-0.15, -0.1) is 0 Å². The molecule has 0 aromatic carbocycles. The summed E-state index contributed by atoms with van der Waals surface area (Å²) in [5.74, 6) is -0.575. The first kappa shape index (κ1) is 10.8. The number of nitrogens with one attached hydrogen (secondary N) is 1. The van der Waals surface area contributed by atoms with Crippen LogP contribution in [-0.2, 0) is 9.53 Å². The second kappa shape index (κ2) is 4.83. The fraction of sp³-hybridized carbons (Fsp3) is 0.778. The topological polar surface area (TPSA) is 75.6 Å². The van der Waals surface area contributed by atoms with E-state index in [0.717, 1.165) is 12.8 Å². The molecular formula is C9H15NO4. The summed E-state index contributed by atoms with van der Waals surface area (Å²) >= 11 is 0. The van der Waals surface area contributed by atoms with E-state index in [0.29, 0.717) is 12.5 Å². The van der Waals surface area contributed by atoms with E-state index in [1.807, 2.05) is 0 Å². The molecule has 1 aliphatic rings. The number of alkyl carbamates (subject to hydrolysis) is 1. The maximum absolute atomic E-state index is 11.0. The third-order valence-electron chi connectivity index (χ3n) is 2.16. The molecule has 1 amide bonds. The molecule has 2 N–H and O–H groups in total. The number of hydrogen-bond donors (Lipinski definition) is 2. The maximum atomic E-state index is 11.0. The zero-order chi connectivity index (χ0) is 10.6. The molecule has 0 radical (unpaired) electrons. The van der Waals surface area contributed by atoms with Gasteiger partial charge in [-0.25, -0.2) is 4.79 Å². The summed E-state index contributed by atoms with van der Waals surface area (Å²) in [6.45, 7) is 2.01. The number of amides is 1. The third kappa shape index (κ3) is 3.64. The molecular weight excluding hydrogens is 186 g/mol. The highest BCUT2D eigenvalue weighted by atomic mass is 16.5. The molecule has 5 nitrogen and oxygen atoms in total. The van der Waals surface area contributed by atoms with E-state index in [2.05, 4.69) is 10.1 Å². The quantitative estimate of drug-likeness (QED) is 0.695. The van der Waals surface area contributed by atoms with Gasteiger partial charge >= 0.3 is 12.1 Å². The highest BCUT2D eigenvalue weighted by Crippen LogP contribution is 2.34. The van der Waals surface area contributed by atoms with Crippen LogP contribution in [0.4, 0.5) is 4.79 Å². The van der Waals surface area contributed by atoms with Gasteiger partial charge in [0.05, 0.1) is 13.0 Å². The van der Waals surface area contributed by atoms with Gasteiger partial charge in [-0.2, -0.15) is 0 Å². The van der Waals surface area contributed by atoms with Crippen molar-refractivity contribution >= 4 is 12.1 Å². The van der Waals surface area contributed by atoms with Crippen LogP contribution in [0.1, 0.15) is 26.2 Å². The molecule has 0 aromatic heterocycles. The molecule has 5 heteroatoms. The predicted molar refractivity (Wildman–Crippen MR) is 48.9 cm³/mol. The molecule has 0 saturated heterocycles. The molecule has 0 bridgehead atoms. The number of carbonyl (C=O) groups is 2. The van der Waals surface area contributed by atoms with Crippen molar-refractivity contribution < 1.29 is 19.4 Å². The SMILES string of the molecule is CCOC(=O)NC(CC(=O)O)C1CC1. The standard InChI is InChI=1S/C9H15NO4/c1-2-14-9(13)10-7(5-8(11)12)6-3-4-6/h6-7H,2-5H2,1H3,(H,10,13)(H,11,12). The van der Waals surface area contributed by atoms with Gasteiger partial charge in [-0.3, -0.25) is 4.79 Å². The summed E-state index contributed by atoms with van der Waals surface area (Å²) < 4.78 is 4.69. The molecule has 1 saturated carbocycles. The first-order chi connectivity index (χ1) is 6.63. The van der Waals surface area contributed by atoms with Gasteiger partial charge in [0.1, 0.15) is 0 Å². The molecule has 14 heavy (non-hydrogen) atoms. The lowest BCUT2D eigenvalue weighted by Crippen LogP contribution is -2.38. The lowest BCUT2D eigenvalue weighted by Gasteiger charge is -2.15. The molecule has 1 fully saturated rings. The van der Waals surface area contributed by atoms with E-state index in [9.17, 15) is 9.59 Å². The van der Waals surface area contributed by atoms with Crippen molar-refractivity contribution in [2.45, 2.75) is 32.2 Å². The van der Waals surface area contributed by atoms with Gasteiger partial charge in [0.25, 0.3) is 0 Å². The molecule has 0 spiro atoms. The maximum Gasteiger partial charge on any atom is 0.407 e. The molecule has 1 rings (SSSR count). The summed E-state index contributed by atoms with van der Waals surface area (Å²) in [4.78, 5) is 21.5. The average molecular weight is 201 g/mol. The number of aliphatic carboxylic acids is 1. The van der Waals surface area contributed by atoms with Crippen LogP contribution in [0.2, 0.25) is 0 Å². The van der Waals surface area contributed by atoms with E-state index in [4.69, 9.17) is 5.11 Å². The van der Waals surface area contributed by atoms with Crippen LogP contribution in [0.5, 0.6) is 0 Å². The highest BCUT2D eigenvalue weighted by Gasteiger charge is 2.33. The van der Waals surface area contributed by atoms with Crippen LogP contribution in [0, 0.1) is 5.92 Å². The van der Waals surface area contributed by atoms with Crippen LogP contribution < -0.4 is 5.32 Å². The first-order valence-corrected chi connectivity index (χ1v) is 4.78. The van der Waals surface area contributed by atoms with E-state index >= 15 is 0 Å². The number of ether oxygens (including phenoxy) is 1. The summed E-state index contributed by atoms with van der Waals surface area (Å²) in [6.07, 6.45) is 1.43. The Labute approximate surface area is 82.4 Å². The van der Waals surface area contributed by atoms with Crippen molar-refractivity contribution in [3.8, 4) is 0 Å². The van der Waals surface area contributed by atoms with Crippen LogP contribution in [0.3, 0.4) is 0 Å². The van der Waals surface area contributed by atoms with E-state index < -0.39 is 12.1 Å². The zero-order valence-corrected chi connectivity index (χ0v) is 8.16. The summed E-state index contributed by atoms with van der Waals surface area (Å²) in [6, 6.07) is -0.272. The van der Waals surface area contributed by atoms with Crippen molar-refractivity contribution in [2.75, 3.05) is 6.61 Å². The van der Waals surface area contributed by atoms with Crippen LogP contribution in [-0.4, -0.2) is 29.8 Å². The lowest BCUT2D eigenvalue weighted by molar-refractivity contribution is -0.137. The Morgan fingerprint density at radius 2 is 2.21 bits per heavy atom. The Balaban J connectivity index is 2.34. The van der Waals surface area contributed by atoms with Gasteiger partial charge < -0.3 is 15.2 Å². The van der Waals surface area contributed by atoms with Crippen molar-refractivity contribution in [3.63, 3.8) is 0 Å². The number of carboxylic acid groups (broad SMARTS) is 1. The van der Waals surface area contributed by atoms with Crippen molar-refractivity contribution in [1.29, 1.82) is 0 Å². The molecule has 0 aromatic rings. The largest absolute Gasteiger partial charge is 0.481 e. The number of carbonyl (C=O) groups excluding carboxylic acids is 1. The van der Waals surface area contributed by atoms with E-state index in [1.54, 1.807) is 6.92 Å². The van der Waals surface area contributed by atoms with Gasteiger partial charge in [0.2, 0.25) is 0 Å². The second-order valence-electron chi connectivity index (χ2n) is 3.41. The van der Waals surface area contributed by atoms with Crippen molar-refractivity contribution in [3.05, 3.63) is 0 Å². The van der Waals surface area contributed by atoms with E-state index in [-0.39, 0.29) is 12.5 Å². The second-order valence-corrected chi connectivity index (χ2v) is 3.41. The minimum atomic E-state index is -0.890. The van der Waals surface area contributed by atoms with Crippen LogP contribution >= 0.6 is 0 Å². The summed E-state index contributed by atoms with van der Waals surface area (Å²) in [5.41, 5.74) is 0. The summed E-state index contributed by atoms with van der Waals surface area (Å²) in [7, 11) is 0. The molecule has 1 unspecified atom stereocenters. The van der Waals surface area contributed by atoms with Crippen LogP contribution in [0.25, 0.3) is 0 Å². The number of carboxylic acids is 1. The number of rotatable bonds is 5. The first-order valence-electron chi connectivity index (χ1n) is 4.78. The van der Waals surface area contributed by atoms with E-state index in [1.165, 1.54) is 0 Å². The predicted octanol–water partition coefficient (Wildman–Crippen LogP) is 0.986. The minimum Gasteiger partial charge on any atom is -0.481 e. The lowest BCUT2D eigenvalue weighted by atomic mass is 10.1. The molecule has 1 atom stereocenters.